The van der Waals surface area contributed by atoms with E-state index in [-0.39, 0.29) is 4.75 Å². The third-order valence-electron chi connectivity index (χ3n) is 3.06. The fourth-order valence-electron chi connectivity index (χ4n) is 2.19. The summed E-state index contributed by atoms with van der Waals surface area (Å²) in [6.45, 7) is 17.5. The maximum absolute atomic E-state index is 5.74. The predicted octanol–water partition coefficient (Wildman–Crippen LogP) is 5.85. The van der Waals surface area contributed by atoms with Crippen LogP contribution < -0.4 is 0 Å². The van der Waals surface area contributed by atoms with Crippen molar-refractivity contribution in [3.8, 4) is 0 Å². The van der Waals surface area contributed by atoms with Crippen LogP contribution in [0.5, 0.6) is 0 Å². The van der Waals surface area contributed by atoms with Gasteiger partial charge < -0.3 is 0 Å². The summed E-state index contributed by atoms with van der Waals surface area (Å²) in [5.74, 6) is 0. The largest absolute Gasteiger partial charge is 0.114 e. The lowest BCUT2D eigenvalue weighted by molar-refractivity contribution is 0.956. The summed E-state index contributed by atoms with van der Waals surface area (Å²) in [6.07, 6.45) is 0. The van der Waals surface area contributed by atoms with Gasteiger partial charge in [0.15, 0.2) is 0 Å². The van der Waals surface area contributed by atoms with Gasteiger partial charge in [0, 0.05) is 9.77 Å². The lowest BCUT2D eigenvalue weighted by Gasteiger charge is -2.37. The van der Waals surface area contributed by atoms with E-state index in [1.165, 1.54) is 32.8 Å². The first-order valence-corrected chi connectivity index (χ1v) is 7.59. The first-order valence-electron chi connectivity index (χ1n) is 6.36. The third kappa shape index (κ3) is 2.80. The monoisotopic (exact) mass is 280 g/mol. The van der Waals surface area contributed by atoms with Gasteiger partial charge in [-0.3, -0.25) is 0 Å². The van der Waals surface area contributed by atoms with E-state index in [0.29, 0.717) is 0 Å². The Kier molecular flexibility index (Phi) is 4.66. The Morgan fingerprint density at radius 3 is 1.61 bits per heavy atom. The average molecular weight is 281 g/mol. The fourth-order valence-corrected chi connectivity index (χ4v) is 3.94. The van der Waals surface area contributed by atoms with Crippen LogP contribution in [0.3, 0.4) is 0 Å². The summed E-state index contributed by atoms with van der Waals surface area (Å²) in [7, 11) is 0. The van der Waals surface area contributed by atoms with Crippen LogP contribution >= 0.6 is 24.0 Å². The van der Waals surface area contributed by atoms with Gasteiger partial charge in [-0.05, 0) is 66.5 Å². The number of thiocarbonyl (C=S) groups is 1. The second-order valence-corrected chi connectivity index (χ2v) is 8.06. The molecule has 0 nitrogen and oxygen atoms in total. The van der Waals surface area contributed by atoms with Crippen LogP contribution in [0.4, 0.5) is 0 Å². The minimum atomic E-state index is 0.00743. The van der Waals surface area contributed by atoms with Crippen molar-refractivity contribution in [2.45, 2.75) is 60.1 Å². The molecule has 1 heterocycles. The molecule has 0 bridgehead atoms. The average Bonchev–Trinajstić information content (AvgIpc) is 2.19. The summed E-state index contributed by atoms with van der Waals surface area (Å²) in [5, 5.41) is 0. The Labute approximate surface area is 122 Å². The van der Waals surface area contributed by atoms with Crippen molar-refractivity contribution in [1.29, 1.82) is 0 Å². The van der Waals surface area contributed by atoms with E-state index in [4.69, 9.17) is 12.2 Å². The van der Waals surface area contributed by atoms with Crippen LogP contribution in [0, 0.1) is 0 Å². The van der Waals surface area contributed by atoms with Crippen molar-refractivity contribution >= 4 is 28.8 Å². The molecule has 0 N–H and O–H groups in total. The van der Waals surface area contributed by atoms with Crippen LogP contribution in [0.1, 0.15) is 55.4 Å². The Hall–Kier alpha value is -0.340. The molecule has 1 saturated heterocycles. The first kappa shape index (κ1) is 15.7. The zero-order valence-corrected chi connectivity index (χ0v) is 14.4. The lowest BCUT2D eigenvalue weighted by atomic mass is 9.87. The van der Waals surface area contributed by atoms with Crippen LogP contribution in [0.15, 0.2) is 32.8 Å². The molecule has 0 unspecified atom stereocenters. The van der Waals surface area contributed by atoms with Crippen molar-refractivity contribution in [1.82, 2.24) is 0 Å². The molecule has 0 aromatic rings. The Morgan fingerprint density at radius 2 is 1.28 bits per heavy atom. The maximum atomic E-state index is 5.74. The number of hydrogen-bond acceptors (Lipinski definition) is 2. The minimum Gasteiger partial charge on any atom is -0.114 e. The number of hydrogen-bond donors (Lipinski definition) is 0. The molecule has 1 aliphatic rings. The summed E-state index contributed by atoms with van der Waals surface area (Å²) >= 11 is 7.65. The Morgan fingerprint density at radius 1 is 0.833 bits per heavy atom. The number of thioether (sulfide) groups is 1. The van der Waals surface area contributed by atoms with Crippen LogP contribution in [0.2, 0.25) is 0 Å². The quantitative estimate of drug-likeness (QED) is 0.403. The van der Waals surface area contributed by atoms with Crippen molar-refractivity contribution in [2.24, 2.45) is 0 Å². The molecule has 0 amide bonds. The van der Waals surface area contributed by atoms with Gasteiger partial charge >= 0.3 is 0 Å². The second-order valence-electron chi connectivity index (χ2n) is 6.02. The molecule has 2 heteroatoms. The molecule has 0 spiro atoms. The summed E-state index contributed by atoms with van der Waals surface area (Å²) in [4.78, 5) is 2.50. The van der Waals surface area contributed by atoms with E-state index < -0.39 is 0 Å². The highest BCUT2D eigenvalue weighted by Gasteiger charge is 2.37. The summed E-state index contributed by atoms with van der Waals surface area (Å²) in [6, 6.07) is 0. The molecule has 0 aromatic carbocycles. The summed E-state index contributed by atoms with van der Waals surface area (Å²) in [5.41, 5.74) is 6.72. The molecule has 0 aromatic heterocycles. The molecule has 100 valence electrons. The highest BCUT2D eigenvalue weighted by atomic mass is 32.2. The van der Waals surface area contributed by atoms with Gasteiger partial charge in [-0.1, -0.05) is 28.9 Å². The smallest absolute Gasteiger partial charge is 0.0507 e. The summed E-state index contributed by atoms with van der Waals surface area (Å²) < 4.78 is 0.00743. The normalized spacial score (nSPS) is 19.1. The van der Waals surface area contributed by atoms with Crippen molar-refractivity contribution in [3.05, 3.63) is 32.8 Å². The van der Waals surface area contributed by atoms with Crippen LogP contribution in [0.25, 0.3) is 0 Å². The van der Waals surface area contributed by atoms with Gasteiger partial charge in [0.2, 0.25) is 0 Å². The van der Waals surface area contributed by atoms with Crippen LogP contribution in [-0.4, -0.2) is 9.61 Å². The van der Waals surface area contributed by atoms with Crippen molar-refractivity contribution < 1.29 is 0 Å². The van der Waals surface area contributed by atoms with E-state index in [2.05, 4.69) is 55.4 Å². The van der Waals surface area contributed by atoms with Gasteiger partial charge in [0.05, 0.1) is 4.75 Å². The van der Waals surface area contributed by atoms with Crippen molar-refractivity contribution in [2.75, 3.05) is 0 Å². The molecule has 1 fully saturated rings. The minimum absolute atomic E-state index is 0.00743. The second kappa shape index (κ2) is 5.34. The SMILES string of the molecule is CC(C)=C1SC(C)(C)C(=S)C(=C(C)C)C1=C(C)C. The van der Waals surface area contributed by atoms with Gasteiger partial charge in [0.1, 0.15) is 0 Å². The number of rotatable bonds is 0. The molecule has 0 saturated carbocycles. The predicted molar refractivity (Wildman–Crippen MR) is 89.4 cm³/mol. The molecule has 0 atom stereocenters. The molecular formula is C16H24S2. The van der Waals surface area contributed by atoms with Gasteiger partial charge in [-0.2, -0.15) is 0 Å². The fraction of sp³-hybridized carbons (Fsp3) is 0.562. The first-order chi connectivity index (χ1) is 8.09. The Bertz CT molecular complexity index is 473. The van der Waals surface area contributed by atoms with Gasteiger partial charge in [-0.15, -0.1) is 11.8 Å². The maximum Gasteiger partial charge on any atom is 0.0507 e. The molecule has 18 heavy (non-hydrogen) atoms. The molecule has 0 aliphatic carbocycles. The van der Waals surface area contributed by atoms with E-state index in [0.717, 1.165) is 4.86 Å². The molecular weight excluding hydrogens is 256 g/mol. The lowest BCUT2D eigenvalue weighted by Crippen LogP contribution is -2.34. The highest BCUT2D eigenvalue weighted by Crippen LogP contribution is 2.50. The molecule has 0 radical (unpaired) electrons. The van der Waals surface area contributed by atoms with E-state index >= 15 is 0 Å². The van der Waals surface area contributed by atoms with Crippen molar-refractivity contribution in [3.63, 3.8) is 0 Å². The highest BCUT2D eigenvalue weighted by molar-refractivity contribution is 8.06. The van der Waals surface area contributed by atoms with Gasteiger partial charge in [0.25, 0.3) is 0 Å². The van der Waals surface area contributed by atoms with Gasteiger partial charge in [-0.25, -0.2) is 0 Å². The zero-order valence-electron chi connectivity index (χ0n) is 12.8. The standard InChI is InChI=1S/C16H24S2/c1-9(2)12-13(10(3)4)15(17)16(7,8)18-14(12)11(5)6/h1-8H3. The number of allylic oxidation sites excluding steroid dienone is 5. The molecule has 1 rings (SSSR count). The van der Waals surface area contributed by atoms with E-state index in [1.807, 2.05) is 11.8 Å². The molecule has 1 aliphatic heterocycles. The van der Waals surface area contributed by atoms with Crippen LogP contribution in [-0.2, 0) is 0 Å². The topological polar surface area (TPSA) is 0 Å². The zero-order chi connectivity index (χ0) is 14.2. The van der Waals surface area contributed by atoms with E-state index in [1.54, 1.807) is 0 Å². The Balaban J connectivity index is 3.67. The third-order valence-corrected chi connectivity index (χ3v) is 5.44. The van der Waals surface area contributed by atoms with E-state index in [9.17, 15) is 0 Å².